The molecule has 3 aromatic rings. The molecule has 1 aliphatic carbocycles. The molecule has 1 aromatic carbocycles. The summed E-state index contributed by atoms with van der Waals surface area (Å²) in [7, 11) is 0. The van der Waals surface area contributed by atoms with Gasteiger partial charge in [0.15, 0.2) is 0 Å². The fourth-order valence-corrected chi connectivity index (χ4v) is 4.61. The van der Waals surface area contributed by atoms with Gasteiger partial charge in [0.1, 0.15) is 22.7 Å². The number of phenolic OH excluding ortho intramolecular Hbond substituents is 1. The fourth-order valence-electron chi connectivity index (χ4n) is 4.61. The molecule has 192 valence electrons. The molecule has 0 spiro atoms. The Morgan fingerprint density at radius 2 is 2.06 bits per heavy atom. The number of carbonyl (C=O) groups excluding carboxylic acids is 1. The average molecular weight is 515 g/mol. The van der Waals surface area contributed by atoms with Crippen molar-refractivity contribution in [2.24, 2.45) is 5.92 Å². The zero-order valence-electron chi connectivity index (χ0n) is 19.9. The number of aliphatic hydroxyl groups excluding tert-OH is 1. The van der Waals surface area contributed by atoms with Gasteiger partial charge < -0.3 is 30.6 Å². The molecule has 1 aliphatic heterocycles. The summed E-state index contributed by atoms with van der Waals surface area (Å²) in [5.74, 6) is 0.758. The highest BCUT2D eigenvalue weighted by atomic mass is 35.5. The third-order valence-electron chi connectivity index (χ3n) is 6.67. The van der Waals surface area contributed by atoms with E-state index in [1.54, 1.807) is 18.2 Å². The number of benzene rings is 1. The zero-order valence-corrected chi connectivity index (χ0v) is 20.7. The van der Waals surface area contributed by atoms with E-state index < -0.39 is 11.5 Å². The van der Waals surface area contributed by atoms with E-state index in [1.807, 2.05) is 12.1 Å². The molecule has 0 bridgehead atoms. The van der Waals surface area contributed by atoms with Crippen molar-refractivity contribution in [2.75, 3.05) is 32.8 Å². The predicted octanol–water partition coefficient (Wildman–Crippen LogP) is 2.70. The van der Waals surface area contributed by atoms with Crippen molar-refractivity contribution in [1.82, 2.24) is 20.6 Å². The van der Waals surface area contributed by atoms with Gasteiger partial charge >= 0.3 is 0 Å². The number of H-pyrrole nitrogens is 1. The zero-order chi connectivity index (χ0) is 24.4. The summed E-state index contributed by atoms with van der Waals surface area (Å²) in [4.78, 5) is 32.8. The molecule has 2 aromatic heterocycles. The number of hydrogen-bond donors (Lipinski definition) is 5. The second-order valence-corrected chi connectivity index (χ2v) is 9.30. The number of nitrogens with one attached hydrogen (secondary N) is 3. The number of rotatable bonds is 8. The van der Waals surface area contributed by atoms with Crippen molar-refractivity contribution >= 4 is 29.3 Å². The van der Waals surface area contributed by atoms with Gasteiger partial charge in [-0.3, -0.25) is 9.59 Å². The minimum Gasteiger partial charge on any atom is -0.507 e. The van der Waals surface area contributed by atoms with E-state index in [-0.39, 0.29) is 42.8 Å². The SMILES string of the molecule is Cl.O=C(NCCO)c1cc2c(C3CCCNC3)cc(-c3c(O)cccc3OCC3CC3)nc2[nH]c1=O. The molecule has 1 amide bonds. The summed E-state index contributed by atoms with van der Waals surface area (Å²) in [6, 6.07) is 8.68. The van der Waals surface area contributed by atoms with Crippen molar-refractivity contribution in [1.29, 1.82) is 0 Å². The van der Waals surface area contributed by atoms with Crippen LogP contribution in [0.2, 0.25) is 0 Å². The Bertz CT molecular complexity index is 1300. The maximum atomic E-state index is 12.8. The van der Waals surface area contributed by atoms with Crippen LogP contribution >= 0.6 is 12.4 Å². The first-order valence-corrected chi connectivity index (χ1v) is 12.2. The monoisotopic (exact) mass is 514 g/mol. The molecule has 1 saturated carbocycles. The lowest BCUT2D eigenvalue weighted by Crippen LogP contribution is -2.32. The summed E-state index contributed by atoms with van der Waals surface area (Å²) in [6.45, 7) is 2.13. The van der Waals surface area contributed by atoms with Gasteiger partial charge in [-0.2, -0.15) is 0 Å². The first kappa shape index (κ1) is 25.9. The van der Waals surface area contributed by atoms with Crippen LogP contribution in [0.1, 0.15) is 47.5 Å². The van der Waals surface area contributed by atoms with Crippen LogP contribution in [0.25, 0.3) is 22.3 Å². The van der Waals surface area contributed by atoms with Crippen molar-refractivity contribution < 1.29 is 19.7 Å². The first-order valence-electron chi connectivity index (χ1n) is 12.2. The summed E-state index contributed by atoms with van der Waals surface area (Å²) in [6.07, 6.45) is 4.25. The molecule has 5 rings (SSSR count). The number of phenols is 1. The van der Waals surface area contributed by atoms with Gasteiger partial charge in [-0.1, -0.05) is 6.07 Å². The van der Waals surface area contributed by atoms with E-state index in [1.165, 1.54) is 0 Å². The third kappa shape index (κ3) is 5.48. The van der Waals surface area contributed by atoms with Crippen LogP contribution in [0, 0.1) is 5.92 Å². The number of hydrogen-bond acceptors (Lipinski definition) is 7. The third-order valence-corrected chi connectivity index (χ3v) is 6.67. The molecule has 9 nitrogen and oxygen atoms in total. The highest BCUT2D eigenvalue weighted by molar-refractivity contribution is 5.98. The Labute approximate surface area is 214 Å². The van der Waals surface area contributed by atoms with Crippen LogP contribution in [0.5, 0.6) is 11.5 Å². The molecular weight excluding hydrogens is 484 g/mol. The molecule has 10 heteroatoms. The normalized spacial score (nSPS) is 17.4. The minimum atomic E-state index is -0.562. The Balaban J connectivity index is 0.00000304. The van der Waals surface area contributed by atoms with Crippen LogP contribution in [0.4, 0.5) is 0 Å². The summed E-state index contributed by atoms with van der Waals surface area (Å²) < 4.78 is 6.05. The molecule has 2 aliphatic rings. The Morgan fingerprint density at radius 1 is 1.22 bits per heavy atom. The van der Waals surface area contributed by atoms with Crippen LogP contribution < -0.4 is 20.9 Å². The van der Waals surface area contributed by atoms with Gasteiger partial charge in [0.05, 0.1) is 24.5 Å². The van der Waals surface area contributed by atoms with Crippen molar-refractivity contribution in [3.05, 3.63) is 51.8 Å². The van der Waals surface area contributed by atoms with Crippen molar-refractivity contribution in [2.45, 2.75) is 31.6 Å². The van der Waals surface area contributed by atoms with E-state index in [0.29, 0.717) is 40.6 Å². The molecule has 1 unspecified atom stereocenters. The second-order valence-electron chi connectivity index (χ2n) is 9.30. The number of aliphatic hydroxyl groups is 1. The van der Waals surface area contributed by atoms with Gasteiger partial charge in [-0.25, -0.2) is 4.98 Å². The maximum absolute atomic E-state index is 12.8. The highest BCUT2D eigenvalue weighted by Crippen LogP contribution is 2.41. The van der Waals surface area contributed by atoms with Crippen molar-refractivity contribution in [3.8, 4) is 22.8 Å². The lowest BCUT2D eigenvalue weighted by molar-refractivity contribution is 0.0943. The lowest BCUT2D eigenvalue weighted by Gasteiger charge is -2.25. The minimum absolute atomic E-state index is 0. The molecule has 5 N–H and O–H groups in total. The number of aromatic nitrogens is 2. The van der Waals surface area contributed by atoms with E-state index in [0.717, 1.165) is 44.3 Å². The van der Waals surface area contributed by atoms with E-state index in [4.69, 9.17) is 14.8 Å². The number of nitrogens with zero attached hydrogens (tertiary/aromatic N) is 1. The number of pyridine rings is 2. The Morgan fingerprint density at radius 3 is 2.78 bits per heavy atom. The topological polar surface area (TPSA) is 137 Å². The van der Waals surface area contributed by atoms with Crippen LogP contribution in [0.3, 0.4) is 0 Å². The number of amides is 1. The van der Waals surface area contributed by atoms with Crippen LogP contribution in [-0.2, 0) is 0 Å². The smallest absolute Gasteiger partial charge is 0.262 e. The van der Waals surface area contributed by atoms with Crippen LogP contribution in [-0.4, -0.2) is 58.9 Å². The molecule has 1 saturated heterocycles. The number of aromatic hydroxyl groups is 1. The highest BCUT2D eigenvalue weighted by Gasteiger charge is 2.25. The lowest BCUT2D eigenvalue weighted by atomic mass is 9.88. The fraction of sp³-hybridized carbons (Fsp3) is 0.423. The second kappa shape index (κ2) is 11.3. The van der Waals surface area contributed by atoms with Gasteiger partial charge in [-0.15, -0.1) is 12.4 Å². The summed E-state index contributed by atoms with van der Waals surface area (Å²) in [5, 5.41) is 26.5. The molecule has 3 heterocycles. The number of ether oxygens (including phenoxy) is 1. The number of aromatic amines is 1. The maximum Gasteiger partial charge on any atom is 0.262 e. The number of piperidine rings is 1. The average Bonchev–Trinajstić information content (AvgIpc) is 3.70. The standard InChI is InChI=1S/C26H30N4O5.ClH/c31-10-9-28-25(33)19-11-18-17(16-3-2-8-27-13-16)12-20(29-24(18)30-26(19)34)23-21(32)4-1-5-22(23)35-14-15-6-7-15;/h1,4-5,11-12,15-16,27,31-32H,2-3,6-10,13-14H2,(H,28,33)(H,29,30,34);1H. The largest absolute Gasteiger partial charge is 0.507 e. The van der Waals surface area contributed by atoms with E-state index in [2.05, 4.69) is 15.6 Å². The van der Waals surface area contributed by atoms with Gasteiger partial charge in [0.2, 0.25) is 0 Å². The number of fused-ring (bicyclic) bond motifs is 1. The summed E-state index contributed by atoms with van der Waals surface area (Å²) >= 11 is 0. The number of halogens is 1. The molecule has 2 fully saturated rings. The number of carbonyl (C=O) groups is 1. The predicted molar refractivity (Wildman–Crippen MR) is 139 cm³/mol. The first-order chi connectivity index (χ1) is 17.0. The molecule has 0 radical (unpaired) electrons. The molecular formula is C26H31ClN4O5. The van der Waals surface area contributed by atoms with Gasteiger partial charge in [0, 0.05) is 18.5 Å². The quantitative estimate of drug-likeness (QED) is 0.312. The molecule has 36 heavy (non-hydrogen) atoms. The summed E-state index contributed by atoms with van der Waals surface area (Å²) in [5.41, 5.74) is 1.71. The van der Waals surface area contributed by atoms with Gasteiger partial charge in [-0.05, 0) is 73.9 Å². The van der Waals surface area contributed by atoms with Crippen molar-refractivity contribution in [3.63, 3.8) is 0 Å². The van der Waals surface area contributed by atoms with E-state index >= 15 is 0 Å². The Hall–Kier alpha value is -3.14. The van der Waals surface area contributed by atoms with Gasteiger partial charge in [0.25, 0.3) is 11.5 Å². The van der Waals surface area contributed by atoms with E-state index in [9.17, 15) is 14.7 Å². The Kier molecular flexibility index (Phi) is 8.13. The van der Waals surface area contributed by atoms with Crippen LogP contribution in [0.15, 0.2) is 35.1 Å². The molecule has 1 atom stereocenters.